The van der Waals surface area contributed by atoms with Crippen LogP contribution in [-0.4, -0.2) is 27.0 Å². The number of halogens is 4. The zero-order valence-corrected chi connectivity index (χ0v) is 17.5. The molecule has 4 aromatic rings. The molecule has 0 aliphatic carbocycles. The van der Waals surface area contributed by atoms with Gasteiger partial charge in [-0.25, -0.2) is 4.68 Å². The van der Waals surface area contributed by atoms with Crippen molar-refractivity contribution in [3.63, 3.8) is 0 Å². The fourth-order valence-corrected chi connectivity index (χ4v) is 4.02. The van der Waals surface area contributed by atoms with Crippen LogP contribution in [-0.2, 0) is 6.54 Å². The summed E-state index contributed by atoms with van der Waals surface area (Å²) in [5.74, 6) is -0.608. The van der Waals surface area contributed by atoms with Crippen molar-refractivity contribution in [3.05, 3.63) is 83.1 Å². The van der Waals surface area contributed by atoms with Gasteiger partial charge in [-0.15, -0.1) is 13.2 Å². The molecule has 1 N–H and O–H groups in total. The number of hydrogen-bond donors (Lipinski definition) is 1. The molecule has 10 heteroatoms. The summed E-state index contributed by atoms with van der Waals surface area (Å²) in [5, 5.41) is 7.56. The van der Waals surface area contributed by atoms with Crippen molar-refractivity contribution in [3.8, 4) is 34.0 Å². The van der Waals surface area contributed by atoms with E-state index in [1.54, 1.807) is 47.4 Å². The zero-order chi connectivity index (χ0) is 23.2. The number of amides is 1. The first-order chi connectivity index (χ1) is 15.8. The van der Waals surface area contributed by atoms with E-state index in [-0.39, 0.29) is 10.9 Å². The van der Waals surface area contributed by atoms with Crippen molar-refractivity contribution < 1.29 is 22.7 Å². The third-order valence-corrected chi connectivity index (χ3v) is 5.34. The number of carbonyl (C=O) groups is 1. The van der Waals surface area contributed by atoms with Crippen molar-refractivity contribution in [2.45, 2.75) is 12.9 Å². The lowest BCUT2D eigenvalue weighted by Crippen LogP contribution is -2.17. The van der Waals surface area contributed by atoms with Crippen molar-refractivity contribution in [1.82, 2.24) is 20.1 Å². The molecular formula is C23H14ClF3N4O2. The molecule has 0 fully saturated rings. The van der Waals surface area contributed by atoms with Gasteiger partial charge in [-0.2, -0.15) is 5.10 Å². The lowest BCUT2D eigenvalue weighted by molar-refractivity contribution is -0.274. The molecule has 0 spiro atoms. The number of alkyl halides is 3. The number of nitrogens with zero attached hydrogens (tertiary/aromatic N) is 3. The quantitative estimate of drug-likeness (QED) is 0.434. The maximum absolute atomic E-state index is 12.8. The first kappa shape index (κ1) is 21.0. The summed E-state index contributed by atoms with van der Waals surface area (Å²) < 4.78 is 44.1. The van der Waals surface area contributed by atoms with E-state index < -0.39 is 12.1 Å². The molecule has 33 heavy (non-hydrogen) atoms. The Balaban J connectivity index is 1.69. The molecule has 2 aromatic carbocycles. The highest BCUT2D eigenvalue weighted by Gasteiger charge is 2.31. The van der Waals surface area contributed by atoms with Crippen molar-refractivity contribution >= 4 is 17.5 Å². The summed E-state index contributed by atoms with van der Waals surface area (Å²) in [6, 6.07) is 14.4. The molecule has 3 heterocycles. The predicted molar refractivity (Wildman–Crippen MR) is 115 cm³/mol. The van der Waals surface area contributed by atoms with E-state index in [2.05, 4.69) is 15.0 Å². The molecule has 0 unspecified atom stereocenters. The van der Waals surface area contributed by atoms with E-state index >= 15 is 0 Å². The van der Waals surface area contributed by atoms with Crippen LogP contribution in [0.1, 0.15) is 15.9 Å². The average Bonchev–Trinajstić information content (AvgIpc) is 3.37. The van der Waals surface area contributed by atoms with Crippen LogP contribution in [0.5, 0.6) is 5.75 Å². The lowest BCUT2D eigenvalue weighted by atomic mass is 10.00. The second kappa shape index (κ2) is 7.93. The third kappa shape index (κ3) is 4.14. The van der Waals surface area contributed by atoms with Gasteiger partial charge in [0.15, 0.2) is 0 Å². The number of aromatic nitrogens is 3. The van der Waals surface area contributed by atoms with Gasteiger partial charge in [0.1, 0.15) is 5.75 Å². The largest absolute Gasteiger partial charge is 0.573 e. The molecule has 2 aromatic heterocycles. The molecule has 0 bridgehead atoms. The van der Waals surface area contributed by atoms with Gasteiger partial charge >= 0.3 is 6.36 Å². The number of rotatable bonds is 4. The molecule has 5 rings (SSSR count). The molecule has 0 saturated heterocycles. The van der Waals surface area contributed by atoms with Crippen LogP contribution in [0.3, 0.4) is 0 Å². The summed E-state index contributed by atoms with van der Waals surface area (Å²) >= 11 is 6.11. The zero-order valence-electron chi connectivity index (χ0n) is 16.7. The first-order valence-electron chi connectivity index (χ1n) is 9.76. The minimum absolute atomic E-state index is 0.0719. The van der Waals surface area contributed by atoms with E-state index in [9.17, 15) is 18.0 Å². The average molecular weight is 471 g/mol. The minimum Gasteiger partial charge on any atom is -0.406 e. The molecule has 6 nitrogen and oxygen atoms in total. The Morgan fingerprint density at radius 3 is 2.64 bits per heavy atom. The molecule has 0 radical (unpaired) electrons. The summed E-state index contributed by atoms with van der Waals surface area (Å²) in [6.45, 7) is 0.361. The van der Waals surface area contributed by atoms with Gasteiger partial charge in [0.25, 0.3) is 5.91 Å². The highest BCUT2D eigenvalue weighted by atomic mass is 35.5. The Hall–Kier alpha value is -3.85. The molecule has 0 saturated carbocycles. The van der Waals surface area contributed by atoms with Gasteiger partial charge in [0.05, 0.1) is 23.3 Å². The molecule has 1 aliphatic heterocycles. The van der Waals surface area contributed by atoms with Gasteiger partial charge in [-0.05, 0) is 48.0 Å². The highest BCUT2D eigenvalue weighted by molar-refractivity contribution is 6.31. The fraction of sp³-hybridized carbons (Fsp3) is 0.0870. The second-order valence-electron chi connectivity index (χ2n) is 7.28. The van der Waals surface area contributed by atoms with Crippen LogP contribution in [0, 0.1) is 0 Å². The number of nitrogens with one attached hydrogen (secondary N) is 1. The Labute approximate surface area is 190 Å². The van der Waals surface area contributed by atoms with Gasteiger partial charge in [0, 0.05) is 34.5 Å². The lowest BCUT2D eigenvalue weighted by Gasteiger charge is -2.12. The summed E-state index contributed by atoms with van der Waals surface area (Å²) in [7, 11) is 0. The summed E-state index contributed by atoms with van der Waals surface area (Å²) in [5.41, 5.74) is 4.09. The summed E-state index contributed by atoms with van der Waals surface area (Å²) in [4.78, 5) is 16.2. The van der Waals surface area contributed by atoms with Crippen LogP contribution in [0.15, 0.2) is 67.0 Å². The standard InChI is InChI=1S/C23H14ClF3N4O2/c24-14-7-13(8-16(9-14)33-23(25,26)27)21-10-20(30-31(21)15-3-2-6-28-11-15)17-4-1-5-18-19(17)12-29-22(18)32/h1-11H,12H2,(H,29,32). The van der Waals surface area contributed by atoms with E-state index in [4.69, 9.17) is 16.7 Å². The number of carbonyl (C=O) groups excluding carboxylic acids is 1. The van der Waals surface area contributed by atoms with Crippen LogP contribution < -0.4 is 10.1 Å². The molecule has 1 aliphatic rings. The molecular weight excluding hydrogens is 457 g/mol. The number of ether oxygens (including phenoxy) is 1. The highest BCUT2D eigenvalue weighted by Crippen LogP contribution is 2.36. The van der Waals surface area contributed by atoms with Gasteiger partial charge in [-0.3, -0.25) is 9.78 Å². The van der Waals surface area contributed by atoms with Crippen LogP contribution in [0.2, 0.25) is 5.02 Å². The maximum atomic E-state index is 12.8. The Morgan fingerprint density at radius 2 is 1.88 bits per heavy atom. The number of fused-ring (bicyclic) bond motifs is 1. The molecule has 166 valence electrons. The number of benzene rings is 2. The van der Waals surface area contributed by atoms with Crippen molar-refractivity contribution in [2.75, 3.05) is 0 Å². The second-order valence-corrected chi connectivity index (χ2v) is 7.71. The number of pyridine rings is 1. The van der Waals surface area contributed by atoms with Crippen LogP contribution in [0.4, 0.5) is 13.2 Å². The fourth-order valence-electron chi connectivity index (χ4n) is 3.79. The van der Waals surface area contributed by atoms with Gasteiger partial charge in [-0.1, -0.05) is 23.7 Å². The van der Waals surface area contributed by atoms with Crippen molar-refractivity contribution in [1.29, 1.82) is 0 Å². The molecule has 0 atom stereocenters. The van der Waals surface area contributed by atoms with Gasteiger partial charge in [0.2, 0.25) is 0 Å². The number of hydrogen-bond acceptors (Lipinski definition) is 4. The Morgan fingerprint density at radius 1 is 1.06 bits per heavy atom. The van der Waals surface area contributed by atoms with Crippen LogP contribution >= 0.6 is 11.6 Å². The topological polar surface area (TPSA) is 69.0 Å². The van der Waals surface area contributed by atoms with Gasteiger partial charge < -0.3 is 10.1 Å². The first-order valence-corrected chi connectivity index (χ1v) is 10.1. The predicted octanol–water partition coefficient (Wildman–Crippen LogP) is 5.40. The normalized spacial score (nSPS) is 13.0. The Kier molecular flexibility index (Phi) is 5.05. The van der Waals surface area contributed by atoms with E-state index in [0.717, 1.165) is 17.2 Å². The third-order valence-electron chi connectivity index (χ3n) is 5.12. The van der Waals surface area contributed by atoms with E-state index in [1.807, 2.05) is 6.07 Å². The molecule has 1 amide bonds. The van der Waals surface area contributed by atoms with E-state index in [1.165, 1.54) is 12.1 Å². The maximum Gasteiger partial charge on any atom is 0.573 e. The smallest absolute Gasteiger partial charge is 0.406 e. The van der Waals surface area contributed by atoms with Crippen molar-refractivity contribution in [2.24, 2.45) is 0 Å². The SMILES string of the molecule is O=C1NCc2c1cccc2-c1cc(-c2cc(Cl)cc(OC(F)(F)F)c2)n(-c2cccnc2)n1. The van der Waals surface area contributed by atoms with Crippen LogP contribution in [0.25, 0.3) is 28.2 Å². The monoisotopic (exact) mass is 470 g/mol. The summed E-state index contributed by atoms with van der Waals surface area (Å²) in [6.07, 6.45) is -1.68. The minimum atomic E-state index is -4.86. The Bertz CT molecular complexity index is 1370. The van der Waals surface area contributed by atoms with E-state index in [0.29, 0.717) is 34.7 Å².